The molecule has 2 heterocycles. The summed E-state index contributed by atoms with van der Waals surface area (Å²) < 4.78 is 6.92. The summed E-state index contributed by atoms with van der Waals surface area (Å²) in [6.07, 6.45) is 7.23. The molecule has 3 aromatic rings. The molecule has 2 aromatic heterocycles. The van der Waals surface area contributed by atoms with Crippen LogP contribution in [0.4, 0.5) is 10.5 Å². The molecule has 0 bridgehead atoms. The predicted molar refractivity (Wildman–Crippen MR) is 95.5 cm³/mol. The summed E-state index contributed by atoms with van der Waals surface area (Å²) >= 11 is 0. The number of nitrogens with one attached hydrogen (secondary N) is 2. The van der Waals surface area contributed by atoms with Crippen molar-refractivity contribution < 1.29 is 9.53 Å². The molecule has 0 spiro atoms. The van der Waals surface area contributed by atoms with Gasteiger partial charge in [0, 0.05) is 42.5 Å². The largest absolute Gasteiger partial charge is 0.497 e. The second-order valence-electron chi connectivity index (χ2n) is 5.34. The summed E-state index contributed by atoms with van der Waals surface area (Å²) in [6.45, 7) is 1.05. The van der Waals surface area contributed by atoms with Crippen LogP contribution in [0.25, 0.3) is 11.1 Å². The number of carbonyl (C=O) groups excluding carboxylic acids is 1. The van der Waals surface area contributed by atoms with E-state index in [1.54, 1.807) is 42.5 Å². The van der Waals surface area contributed by atoms with Gasteiger partial charge in [-0.2, -0.15) is 5.10 Å². The zero-order valence-corrected chi connectivity index (χ0v) is 13.8. The summed E-state index contributed by atoms with van der Waals surface area (Å²) in [7, 11) is 1.59. The van der Waals surface area contributed by atoms with Crippen molar-refractivity contribution in [2.24, 2.45) is 0 Å². The van der Waals surface area contributed by atoms with Crippen LogP contribution < -0.4 is 15.4 Å². The molecule has 3 rings (SSSR count). The lowest BCUT2D eigenvalue weighted by Crippen LogP contribution is -2.31. The number of anilines is 1. The van der Waals surface area contributed by atoms with Gasteiger partial charge in [-0.1, -0.05) is 6.07 Å². The molecule has 0 saturated carbocycles. The Morgan fingerprint density at radius 1 is 1.20 bits per heavy atom. The number of benzene rings is 1. The van der Waals surface area contributed by atoms with Crippen LogP contribution >= 0.6 is 0 Å². The fourth-order valence-electron chi connectivity index (χ4n) is 2.34. The molecule has 0 aliphatic heterocycles. The zero-order valence-electron chi connectivity index (χ0n) is 13.8. The number of carbonyl (C=O) groups is 1. The summed E-state index contributed by atoms with van der Waals surface area (Å²) in [5, 5.41) is 9.88. The number of hydrogen-bond donors (Lipinski definition) is 2. The van der Waals surface area contributed by atoms with Gasteiger partial charge in [0.1, 0.15) is 5.75 Å². The van der Waals surface area contributed by atoms with Crippen LogP contribution in [0.1, 0.15) is 0 Å². The van der Waals surface area contributed by atoms with Crippen LogP contribution in [-0.4, -0.2) is 34.5 Å². The summed E-state index contributed by atoms with van der Waals surface area (Å²) in [6, 6.07) is 10.8. The third kappa shape index (κ3) is 4.57. The molecule has 0 saturated heterocycles. The summed E-state index contributed by atoms with van der Waals surface area (Å²) in [4.78, 5) is 15.9. The van der Waals surface area contributed by atoms with Crippen LogP contribution in [0.5, 0.6) is 5.75 Å². The molecule has 7 heteroatoms. The molecule has 2 N–H and O–H groups in total. The second kappa shape index (κ2) is 7.96. The second-order valence-corrected chi connectivity index (χ2v) is 5.34. The lowest BCUT2D eigenvalue weighted by molar-refractivity contribution is 0.251. The lowest BCUT2D eigenvalue weighted by atomic mass is 10.1. The van der Waals surface area contributed by atoms with Crippen LogP contribution in [-0.2, 0) is 6.54 Å². The molecule has 0 fully saturated rings. The van der Waals surface area contributed by atoms with Gasteiger partial charge < -0.3 is 15.4 Å². The number of urea groups is 1. The first-order chi connectivity index (χ1) is 12.2. The van der Waals surface area contributed by atoms with Gasteiger partial charge in [0.15, 0.2) is 0 Å². The zero-order chi connectivity index (χ0) is 17.5. The van der Waals surface area contributed by atoms with Crippen molar-refractivity contribution in [3.63, 3.8) is 0 Å². The fraction of sp³-hybridized carbons (Fsp3) is 0.167. The van der Waals surface area contributed by atoms with Crippen LogP contribution in [0.15, 0.2) is 61.2 Å². The van der Waals surface area contributed by atoms with Gasteiger partial charge in [0.2, 0.25) is 0 Å². The quantitative estimate of drug-likeness (QED) is 0.725. The van der Waals surface area contributed by atoms with Gasteiger partial charge in [0.05, 0.1) is 19.9 Å². The Balaban J connectivity index is 1.48. The highest BCUT2D eigenvalue weighted by Crippen LogP contribution is 2.17. The standard InChI is InChI=1S/C18H19N5O2/c1-25-17-4-2-3-16(11-17)22-18(24)20-9-10-23-13-15(12-21-23)14-5-7-19-8-6-14/h2-8,11-13H,9-10H2,1H3,(H2,20,22,24). The van der Waals surface area contributed by atoms with E-state index >= 15 is 0 Å². The lowest BCUT2D eigenvalue weighted by Gasteiger charge is -2.08. The first-order valence-corrected chi connectivity index (χ1v) is 7.86. The van der Waals surface area contributed by atoms with Crippen molar-refractivity contribution in [1.82, 2.24) is 20.1 Å². The third-order valence-corrected chi connectivity index (χ3v) is 3.60. The molecule has 0 atom stereocenters. The molecule has 0 unspecified atom stereocenters. The first-order valence-electron chi connectivity index (χ1n) is 7.86. The molecule has 25 heavy (non-hydrogen) atoms. The van der Waals surface area contributed by atoms with E-state index < -0.39 is 0 Å². The summed E-state index contributed by atoms with van der Waals surface area (Å²) in [5.41, 5.74) is 2.75. The summed E-state index contributed by atoms with van der Waals surface area (Å²) in [5.74, 6) is 0.693. The fourth-order valence-corrected chi connectivity index (χ4v) is 2.34. The molecule has 0 radical (unpaired) electrons. The van der Waals surface area contributed by atoms with Gasteiger partial charge in [0.25, 0.3) is 0 Å². The average molecular weight is 337 g/mol. The maximum atomic E-state index is 11.9. The molecule has 128 valence electrons. The number of rotatable bonds is 6. The van der Waals surface area contributed by atoms with Gasteiger partial charge in [-0.25, -0.2) is 4.79 Å². The van der Waals surface area contributed by atoms with Crippen LogP contribution in [0, 0.1) is 0 Å². The minimum atomic E-state index is -0.269. The van der Waals surface area contributed by atoms with Crippen molar-refractivity contribution in [3.05, 3.63) is 61.2 Å². The van der Waals surface area contributed by atoms with E-state index in [-0.39, 0.29) is 6.03 Å². The smallest absolute Gasteiger partial charge is 0.319 e. The highest BCUT2D eigenvalue weighted by Gasteiger charge is 2.04. The number of methoxy groups -OCH3 is 1. The number of aromatic nitrogens is 3. The van der Waals surface area contributed by atoms with E-state index in [2.05, 4.69) is 20.7 Å². The van der Waals surface area contributed by atoms with Crippen molar-refractivity contribution in [1.29, 1.82) is 0 Å². The number of amides is 2. The van der Waals surface area contributed by atoms with Crippen LogP contribution in [0.3, 0.4) is 0 Å². The Hall–Kier alpha value is -3.35. The number of ether oxygens (including phenoxy) is 1. The highest BCUT2D eigenvalue weighted by molar-refractivity contribution is 5.89. The van der Waals surface area contributed by atoms with Crippen LogP contribution in [0.2, 0.25) is 0 Å². The van der Waals surface area contributed by atoms with E-state index in [1.165, 1.54) is 0 Å². The number of pyridine rings is 1. The first kappa shape index (κ1) is 16.5. The number of nitrogens with zero attached hydrogens (tertiary/aromatic N) is 3. The monoisotopic (exact) mass is 337 g/mol. The number of hydrogen-bond acceptors (Lipinski definition) is 4. The van der Waals surface area contributed by atoms with Crippen molar-refractivity contribution in [2.45, 2.75) is 6.54 Å². The van der Waals surface area contributed by atoms with E-state index in [0.717, 1.165) is 11.1 Å². The van der Waals surface area contributed by atoms with Crippen molar-refractivity contribution in [3.8, 4) is 16.9 Å². The van der Waals surface area contributed by atoms with Crippen molar-refractivity contribution >= 4 is 11.7 Å². The molecule has 0 aliphatic carbocycles. The maximum absolute atomic E-state index is 11.9. The SMILES string of the molecule is COc1cccc(NC(=O)NCCn2cc(-c3ccncc3)cn2)c1. The molecule has 2 amide bonds. The Kier molecular flexibility index (Phi) is 5.26. The molecule has 0 aliphatic rings. The molecular weight excluding hydrogens is 318 g/mol. The van der Waals surface area contributed by atoms with Crippen molar-refractivity contribution in [2.75, 3.05) is 19.0 Å². The van der Waals surface area contributed by atoms with Gasteiger partial charge in [-0.3, -0.25) is 9.67 Å². The Morgan fingerprint density at radius 3 is 2.84 bits per heavy atom. The Bertz CT molecular complexity index is 832. The third-order valence-electron chi connectivity index (χ3n) is 3.60. The van der Waals surface area contributed by atoms with E-state index in [1.807, 2.05) is 30.5 Å². The molecule has 7 nitrogen and oxygen atoms in total. The molecular formula is C18H19N5O2. The molecule has 1 aromatic carbocycles. The van der Waals surface area contributed by atoms with Gasteiger partial charge >= 0.3 is 6.03 Å². The van der Waals surface area contributed by atoms with E-state index in [0.29, 0.717) is 24.5 Å². The topological polar surface area (TPSA) is 81.1 Å². The maximum Gasteiger partial charge on any atom is 0.319 e. The van der Waals surface area contributed by atoms with E-state index in [9.17, 15) is 4.79 Å². The minimum Gasteiger partial charge on any atom is -0.497 e. The predicted octanol–water partition coefficient (Wildman–Crippen LogP) is 2.78. The normalized spacial score (nSPS) is 10.3. The Morgan fingerprint density at radius 2 is 2.04 bits per heavy atom. The van der Waals surface area contributed by atoms with E-state index in [4.69, 9.17) is 4.74 Å². The van der Waals surface area contributed by atoms with Gasteiger partial charge in [-0.15, -0.1) is 0 Å². The Labute approximate surface area is 145 Å². The minimum absolute atomic E-state index is 0.269. The van der Waals surface area contributed by atoms with Gasteiger partial charge in [-0.05, 0) is 29.8 Å². The average Bonchev–Trinajstić information content (AvgIpc) is 3.11. The highest BCUT2D eigenvalue weighted by atomic mass is 16.5.